The summed E-state index contributed by atoms with van der Waals surface area (Å²) in [5, 5.41) is 7.99. The molecule has 4 aromatic rings. The number of aromatic nitrogens is 6. The van der Waals surface area contributed by atoms with Gasteiger partial charge < -0.3 is 37.2 Å². The van der Waals surface area contributed by atoms with Gasteiger partial charge in [0.2, 0.25) is 35.7 Å². The van der Waals surface area contributed by atoms with Crippen molar-refractivity contribution in [2.24, 2.45) is 0 Å². The Kier molecular flexibility index (Phi) is 5.13. The molecule has 4 rings (SSSR count). The largest absolute Gasteiger partial charge is 0.470 e. The molecule has 0 radical (unpaired) electrons. The van der Waals surface area contributed by atoms with Crippen molar-refractivity contribution >= 4 is 58.4 Å². The van der Waals surface area contributed by atoms with Gasteiger partial charge in [-0.3, -0.25) is 0 Å². The van der Waals surface area contributed by atoms with E-state index >= 15 is 0 Å². The predicted molar refractivity (Wildman–Crippen MR) is 115 cm³/mol. The van der Waals surface area contributed by atoms with Crippen molar-refractivity contribution in [1.82, 2.24) is 29.9 Å². The molecule has 0 aliphatic carbocycles. The molecular formula is C16H18N12OS. The summed E-state index contributed by atoms with van der Waals surface area (Å²) in [6.45, 7) is 0.544. The summed E-state index contributed by atoms with van der Waals surface area (Å²) in [6.07, 6.45) is 3.08. The summed E-state index contributed by atoms with van der Waals surface area (Å²) in [6, 6.07) is 3.70. The van der Waals surface area contributed by atoms with Crippen molar-refractivity contribution in [2.45, 2.75) is 6.54 Å². The number of nitrogens with two attached hydrogens (primary N) is 3. The van der Waals surface area contributed by atoms with Crippen LogP contribution in [-0.2, 0) is 6.54 Å². The van der Waals surface area contributed by atoms with Gasteiger partial charge in [-0.2, -0.15) is 29.9 Å². The summed E-state index contributed by atoms with van der Waals surface area (Å²) < 4.78 is 5.03. The van der Waals surface area contributed by atoms with Crippen LogP contribution in [0.1, 0.15) is 4.88 Å². The average molecular weight is 426 g/mol. The highest BCUT2D eigenvalue weighted by molar-refractivity contribution is 7.10. The van der Waals surface area contributed by atoms with Crippen LogP contribution in [0, 0.1) is 0 Å². The van der Waals surface area contributed by atoms with Gasteiger partial charge in [0.1, 0.15) is 6.26 Å². The Hall–Kier alpha value is -4.20. The lowest BCUT2D eigenvalue weighted by molar-refractivity contribution is 0.568. The first-order valence-corrected chi connectivity index (χ1v) is 9.46. The van der Waals surface area contributed by atoms with Crippen LogP contribution in [0.4, 0.5) is 47.1 Å². The number of hydrogen-bond acceptors (Lipinski definition) is 14. The van der Waals surface area contributed by atoms with Gasteiger partial charge in [0.05, 0.1) is 24.2 Å². The number of anilines is 8. The molecule has 0 saturated carbocycles. The van der Waals surface area contributed by atoms with Crippen LogP contribution in [0.15, 0.2) is 34.5 Å². The SMILES string of the molecule is CN(Cc1cc(Nc2nc(N)nc(N)n2)cs1)c1nc(N)nc(Nc2ccoc2)n1. The highest BCUT2D eigenvalue weighted by Gasteiger charge is 2.12. The smallest absolute Gasteiger partial charge is 0.233 e. The van der Waals surface area contributed by atoms with E-state index in [4.69, 9.17) is 21.6 Å². The molecule has 13 nitrogen and oxygen atoms in total. The monoisotopic (exact) mass is 426 g/mol. The fraction of sp³-hybridized carbons (Fsp3) is 0.125. The van der Waals surface area contributed by atoms with Crippen molar-refractivity contribution in [2.75, 3.05) is 39.8 Å². The van der Waals surface area contributed by atoms with E-state index in [9.17, 15) is 0 Å². The second-order valence-electron chi connectivity index (χ2n) is 6.11. The van der Waals surface area contributed by atoms with Crippen LogP contribution < -0.4 is 32.7 Å². The minimum Gasteiger partial charge on any atom is -0.470 e. The minimum atomic E-state index is 0.0486. The minimum absolute atomic E-state index is 0.0486. The van der Waals surface area contributed by atoms with Crippen LogP contribution >= 0.6 is 11.3 Å². The Labute approximate surface area is 174 Å². The standard InChI is InChI=1S/C16H18N12OS/c1-28(16-26-13(19)25-15(27-16)20-8-2-3-29-6-8)5-10-4-9(7-30-10)21-14-23-11(17)22-12(18)24-14/h2-4,6-7H,5H2,1H3,(H3,19,20,25,26,27)(H5,17,18,21,22,23,24). The van der Waals surface area contributed by atoms with Crippen molar-refractivity contribution in [3.63, 3.8) is 0 Å². The molecule has 4 aromatic heterocycles. The zero-order chi connectivity index (χ0) is 21.1. The van der Waals surface area contributed by atoms with Gasteiger partial charge in [0.25, 0.3) is 0 Å². The van der Waals surface area contributed by atoms with E-state index in [1.54, 1.807) is 23.7 Å². The molecule has 0 aliphatic rings. The molecular weight excluding hydrogens is 408 g/mol. The molecule has 0 aromatic carbocycles. The van der Waals surface area contributed by atoms with Gasteiger partial charge in [-0.25, -0.2) is 0 Å². The van der Waals surface area contributed by atoms with Gasteiger partial charge in [-0.15, -0.1) is 11.3 Å². The summed E-state index contributed by atoms with van der Waals surface area (Å²) in [7, 11) is 1.86. The maximum atomic E-state index is 5.83. The summed E-state index contributed by atoms with van der Waals surface area (Å²) in [5.41, 5.74) is 18.5. The first kappa shape index (κ1) is 19.1. The van der Waals surface area contributed by atoms with Crippen molar-refractivity contribution < 1.29 is 4.42 Å². The second-order valence-corrected chi connectivity index (χ2v) is 7.11. The Balaban J connectivity index is 1.45. The van der Waals surface area contributed by atoms with E-state index in [-0.39, 0.29) is 23.8 Å². The van der Waals surface area contributed by atoms with Gasteiger partial charge in [0.15, 0.2) is 0 Å². The number of rotatable bonds is 7. The van der Waals surface area contributed by atoms with Gasteiger partial charge >= 0.3 is 0 Å². The number of nitrogens with one attached hydrogen (secondary N) is 2. The first-order valence-electron chi connectivity index (χ1n) is 8.58. The van der Waals surface area contributed by atoms with E-state index in [0.29, 0.717) is 24.1 Å². The second kappa shape index (κ2) is 8.04. The topological polar surface area (TPSA) is 196 Å². The molecule has 4 heterocycles. The maximum Gasteiger partial charge on any atom is 0.233 e. The molecule has 0 spiro atoms. The average Bonchev–Trinajstić information content (AvgIpc) is 3.32. The number of hydrogen-bond donors (Lipinski definition) is 5. The molecule has 8 N–H and O–H groups in total. The van der Waals surface area contributed by atoms with E-state index in [2.05, 4.69) is 40.5 Å². The molecule has 30 heavy (non-hydrogen) atoms. The zero-order valence-corrected chi connectivity index (χ0v) is 16.6. The molecule has 0 fully saturated rings. The zero-order valence-electron chi connectivity index (χ0n) is 15.8. The highest BCUT2D eigenvalue weighted by Crippen LogP contribution is 2.25. The summed E-state index contributed by atoms with van der Waals surface area (Å²) in [4.78, 5) is 27.3. The molecule has 154 valence electrons. The molecule has 0 atom stereocenters. The first-order chi connectivity index (χ1) is 14.4. The van der Waals surface area contributed by atoms with E-state index in [1.165, 1.54) is 6.26 Å². The molecule has 0 saturated heterocycles. The third-order valence-corrected chi connectivity index (χ3v) is 4.65. The Bertz CT molecular complexity index is 1120. The molecule has 0 bridgehead atoms. The Morgan fingerprint density at radius 1 is 0.933 bits per heavy atom. The number of nitrogens with zero attached hydrogens (tertiary/aromatic N) is 7. The lowest BCUT2D eigenvalue weighted by atomic mass is 10.4. The summed E-state index contributed by atoms with van der Waals surface area (Å²) in [5.74, 6) is 1.23. The Morgan fingerprint density at radius 3 is 2.30 bits per heavy atom. The number of nitrogen functional groups attached to an aromatic ring is 3. The normalized spacial score (nSPS) is 10.7. The van der Waals surface area contributed by atoms with E-state index < -0.39 is 0 Å². The van der Waals surface area contributed by atoms with Gasteiger partial charge in [-0.1, -0.05) is 0 Å². The number of thiophene rings is 1. The van der Waals surface area contributed by atoms with Crippen LogP contribution in [0.2, 0.25) is 0 Å². The van der Waals surface area contributed by atoms with Gasteiger partial charge in [0, 0.05) is 17.3 Å². The van der Waals surface area contributed by atoms with E-state index in [0.717, 1.165) is 10.6 Å². The summed E-state index contributed by atoms with van der Waals surface area (Å²) >= 11 is 1.54. The van der Waals surface area contributed by atoms with Crippen LogP contribution in [0.3, 0.4) is 0 Å². The van der Waals surface area contributed by atoms with Crippen LogP contribution in [0.5, 0.6) is 0 Å². The molecule has 0 amide bonds. The lowest BCUT2D eigenvalue weighted by Crippen LogP contribution is -2.20. The predicted octanol–water partition coefficient (Wildman–Crippen LogP) is 1.58. The van der Waals surface area contributed by atoms with Gasteiger partial charge in [-0.05, 0) is 12.1 Å². The fourth-order valence-electron chi connectivity index (χ4n) is 2.50. The fourth-order valence-corrected chi connectivity index (χ4v) is 3.37. The number of furan rings is 1. The highest BCUT2D eigenvalue weighted by atomic mass is 32.1. The van der Waals surface area contributed by atoms with Crippen molar-refractivity contribution in [3.05, 3.63) is 34.9 Å². The Morgan fingerprint density at radius 2 is 1.60 bits per heavy atom. The third-order valence-electron chi connectivity index (χ3n) is 3.73. The van der Waals surface area contributed by atoms with Crippen molar-refractivity contribution in [1.29, 1.82) is 0 Å². The quantitative estimate of drug-likeness (QED) is 0.286. The lowest BCUT2D eigenvalue weighted by Gasteiger charge is -2.16. The van der Waals surface area contributed by atoms with Crippen LogP contribution in [0.25, 0.3) is 0 Å². The third kappa shape index (κ3) is 4.61. The maximum absolute atomic E-state index is 5.83. The van der Waals surface area contributed by atoms with E-state index in [1.807, 2.05) is 23.4 Å². The molecule has 14 heteroatoms. The molecule has 0 aliphatic heterocycles. The molecule has 0 unspecified atom stereocenters. The van der Waals surface area contributed by atoms with Crippen LogP contribution in [-0.4, -0.2) is 37.0 Å². The van der Waals surface area contributed by atoms with Crippen molar-refractivity contribution in [3.8, 4) is 0 Å².